The summed E-state index contributed by atoms with van der Waals surface area (Å²) in [5, 5.41) is 3.66. The van der Waals surface area contributed by atoms with Crippen LogP contribution in [0.15, 0.2) is 0 Å². The first-order valence-corrected chi connectivity index (χ1v) is 7.43. The Labute approximate surface area is 113 Å². The number of hydrogen-bond acceptors (Lipinski definition) is 3. The topological polar surface area (TPSA) is 30.5 Å². The van der Waals surface area contributed by atoms with Crippen molar-refractivity contribution in [2.24, 2.45) is 11.3 Å². The predicted molar refractivity (Wildman–Crippen MR) is 75.9 cm³/mol. The van der Waals surface area contributed by atoms with E-state index in [-0.39, 0.29) is 11.5 Å². The molecular formula is C15H31NO2. The molecule has 2 unspecified atom stereocenters. The van der Waals surface area contributed by atoms with Crippen molar-refractivity contribution in [2.45, 2.75) is 59.6 Å². The maximum atomic E-state index is 6.07. The van der Waals surface area contributed by atoms with Gasteiger partial charge in [0.05, 0.1) is 6.10 Å². The van der Waals surface area contributed by atoms with Gasteiger partial charge in [0.15, 0.2) is 0 Å². The van der Waals surface area contributed by atoms with Gasteiger partial charge < -0.3 is 14.8 Å². The molecule has 18 heavy (non-hydrogen) atoms. The van der Waals surface area contributed by atoms with Crippen molar-refractivity contribution in [3.63, 3.8) is 0 Å². The normalized spacial score (nSPS) is 21.8. The fourth-order valence-electron chi connectivity index (χ4n) is 2.90. The second-order valence-electron chi connectivity index (χ2n) is 6.28. The minimum Gasteiger partial charge on any atom is -0.381 e. The third-order valence-electron chi connectivity index (χ3n) is 3.74. The van der Waals surface area contributed by atoms with Crippen LogP contribution in [0, 0.1) is 11.3 Å². The van der Waals surface area contributed by atoms with Crippen molar-refractivity contribution in [3.05, 3.63) is 0 Å². The van der Waals surface area contributed by atoms with Crippen LogP contribution in [-0.4, -0.2) is 38.5 Å². The largest absolute Gasteiger partial charge is 0.381 e. The first-order chi connectivity index (χ1) is 8.50. The molecule has 0 radical (unpaired) electrons. The number of likely N-dealkylation sites (N-methyl/N-ethyl adjacent to an activating group) is 1. The van der Waals surface area contributed by atoms with Crippen LogP contribution in [0.2, 0.25) is 0 Å². The Hall–Kier alpha value is -0.120. The second kappa shape index (κ2) is 7.46. The van der Waals surface area contributed by atoms with Gasteiger partial charge in [-0.2, -0.15) is 0 Å². The summed E-state index contributed by atoms with van der Waals surface area (Å²) in [5.74, 6) is 0.675. The molecule has 1 rings (SSSR count). The van der Waals surface area contributed by atoms with Crippen LogP contribution in [0.1, 0.15) is 47.5 Å². The van der Waals surface area contributed by atoms with Crippen LogP contribution < -0.4 is 5.32 Å². The lowest BCUT2D eigenvalue weighted by Gasteiger charge is -2.42. The van der Waals surface area contributed by atoms with E-state index in [1.165, 1.54) is 0 Å². The van der Waals surface area contributed by atoms with E-state index >= 15 is 0 Å². The lowest BCUT2D eigenvalue weighted by molar-refractivity contribution is -0.0625. The first kappa shape index (κ1) is 15.9. The van der Waals surface area contributed by atoms with Crippen LogP contribution in [0.25, 0.3) is 0 Å². The van der Waals surface area contributed by atoms with Crippen molar-refractivity contribution in [1.82, 2.24) is 5.32 Å². The van der Waals surface area contributed by atoms with Gasteiger partial charge in [-0.1, -0.05) is 27.7 Å². The van der Waals surface area contributed by atoms with Gasteiger partial charge in [0.25, 0.3) is 0 Å². The molecule has 1 aliphatic rings. The Morgan fingerprint density at radius 2 is 1.83 bits per heavy atom. The molecule has 1 fully saturated rings. The van der Waals surface area contributed by atoms with Crippen molar-refractivity contribution in [2.75, 3.05) is 26.4 Å². The lowest BCUT2D eigenvalue weighted by Crippen LogP contribution is -2.53. The summed E-state index contributed by atoms with van der Waals surface area (Å²) in [5.41, 5.74) is 0.168. The van der Waals surface area contributed by atoms with Gasteiger partial charge in [0, 0.05) is 25.9 Å². The maximum absolute atomic E-state index is 6.07. The van der Waals surface area contributed by atoms with Crippen molar-refractivity contribution >= 4 is 0 Å². The molecule has 3 nitrogen and oxygen atoms in total. The predicted octanol–water partition coefficient (Wildman–Crippen LogP) is 2.84. The van der Waals surface area contributed by atoms with Crippen LogP contribution in [0.3, 0.4) is 0 Å². The van der Waals surface area contributed by atoms with Gasteiger partial charge in [-0.15, -0.1) is 0 Å². The second-order valence-corrected chi connectivity index (χ2v) is 6.28. The highest BCUT2D eigenvalue weighted by atomic mass is 16.5. The molecule has 0 bridgehead atoms. The number of ether oxygens (including phenoxy) is 2. The quantitative estimate of drug-likeness (QED) is 0.793. The van der Waals surface area contributed by atoms with Gasteiger partial charge in [-0.3, -0.25) is 0 Å². The zero-order valence-corrected chi connectivity index (χ0v) is 12.8. The molecule has 0 spiro atoms. The Morgan fingerprint density at radius 3 is 2.28 bits per heavy atom. The fourth-order valence-corrected chi connectivity index (χ4v) is 2.90. The Kier molecular flexibility index (Phi) is 6.61. The third kappa shape index (κ3) is 4.52. The van der Waals surface area contributed by atoms with Crippen LogP contribution in [0.5, 0.6) is 0 Å². The van der Waals surface area contributed by atoms with E-state index in [1.54, 1.807) is 0 Å². The van der Waals surface area contributed by atoms with Crippen LogP contribution >= 0.6 is 0 Å². The minimum atomic E-state index is 0.168. The standard InChI is InChI=1S/C15H31NO2/c1-6-16-13(12-8-10-17-11-9-12)14(18-7-2)15(3,4)5/h12-14,16H,6-11H2,1-5H3. The van der Waals surface area contributed by atoms with Crippen molar-refractivity contribution in [1.29, 1.82) is 0 Å². The zero-order chi connectivity index (χ0) is 13.6. The maximum Gasteiger partial charge on any atom is 0.0778 e. The van der Waals surface area contributed by atoms with Gasteiger partial charge in [-0.05, 0) is 37.6 Å². The summed E-state index contributed by atoms with van der Waals surface area (Å²) in [6.07, 6.45) is 2.57. The van der Waals surface area contributed by atoms with Gasteiger partial charge in [0.1, 0.15) is 0 Å². The van der Waals surface area contributed by atoms with Crippen LogP contribution in [0.4, 0.5) is 0 Å². The van der Waals surface area contributed by atoms with E-state index < -0.39 is 0 Å². The molecule has 1 heterocycles. The molecule has 2 atom stereocenters. The van der Waals surface area contributed by atoms with E-state index in [0.29, 0.717) is 12.0 Å². The van der Waals surface area contributed by atoms with Crippen molar-refractivity contribution < 1.29 is 9.47 Å². The van der Waals surface area contributed by atoms with Gasteiger partial charge in [-0.25, -0.2) is 0 Å². The average molecular weight is 257 g/mol. The molecule has 0 amide bonds. The summed E-state index contributed by atoms with van der Waals surface area (Å²) in [6, 6.07) is 0.443. The van der Waals surface area contributed by atoms with E-state index in [9.17, 15) is 0 Å². The molecule has 0 aliphatic carbocycles. The third-order valence-corrected chi connectivity index (χ3v) is 3.74. The summed E-state index contributed by atoms with van der Waals surface area (Å²) in [4.78, 5) is 0. The highest BCUT2D eigenvalue weighted by Crippen LogP contribution is 2.31. The Bertz CT molecular complexity index is 219. The number of hydrogen-bond donors (Lipinski definition) is 1. The highest BCUT2D eigenvalue weighted by Gasteiger charge is 2.37. The summed E-state index contributed by atoms with van der Waals surface area (Å²) in [7, 11) is 0. The molecule has 1 N–H and O–H groups in total. The highest BCUT2D eigenvalue weighted by molar-refractivity contribution is 4.91. The molecule has 0 aromatic heterocycles. The molecule has 3 heteroatoms. The zero-order valence-electron chi connectivity index (χ0n) is 12.8. The molecule has 0 saturated carbocycles. The molecular weight excluding hydrogens is 226 g/mol. The van der Waals surface area contributed by atoms with Crippen LogP contribution in [-0.2, 0) is 9.47 Å². The smallest absolute Gasteiger partial charge is 0.0778 e. The van der Waals surface area contributed by atoms with E-state index in [2.05, 4.69) is 39.9 Å². The minimum absolute atomic E-state index is 0.168. The molecule has 1 aliphatic heterocycles. The molecule has 0 aromatic carbocycles. The van der Waals surface area contributed by atoms with Gasteiger partial charge in [0.2, 0.25) is 0 Å². The number of rotatable bonds is 6. The Balaban J connectivity index is 2.77. The van der Waals surface area contributed by atoms with Crippen molar-refractivity contribution in [3.8, 4) is 0 Å². The van der Waals surface area contributed by atoms with E-state index in [0.717, 1.165) is 39.2 Å². The SMILES string of the molecule is CCNC(C1CCOCC1)C(OCC)C(C)(C)C. The van der Waals surface area contributed by atoms with Gasteiger partial charge >= 0.3 is 0 Å². The van der Waals surface area contributed by atoms with E-state index in [1.807, 2.05) is 0 Å². The molecule has 0 aromatic rings. The first-order valence-electron chi connectivity index (χ1n) is 7.43. The fraction of sp³-hybridized carbons (Fsp3) is 1.00. The molecule has 108 valence electrons. The number of nitrogens with one attached hydrogen (secondary N) is 1. The summed E-state index contributed by atoms with van der Waals surface area (Å²) >= 11 is 0. The lowest BCUT2D eigenvalue weighted by atomic mass is 9.77. The van der Waals surface area contributed by atoms with E-state index in [4.69, 9.17) is 9.47 Å². The average Bonchev–Trinajstić information content (AvgIpc) is 2.33. The molecule has 1 saturated heterocycles. The monoisotopic (exact) mass is 257 g/mol. The summed E-state index contributed by atoms with van der Waals surface area (Å²) < 4.78 is 11.6. The Morgan fingerprint density at radius 1 is 1.22 bits per heavy atom. The summed E-state index contributed by atoms with van der Waals surface area (Å²) in [6.45, 7) is 14.7.